The van der Waals surface area contributed by atoms with E-state index in [-0.39, 0.29) is 5.82 Å². The SMILES string of the molecule is CCCCc1cn(-c2cnc(C(=O)OC)nc2)nn1. The number of esters is 1. The van der Waals surface area contributed by atoms with Gasteiger partial charge in [-0.1, -0.05) is 18.6 Å². The van der Waals surface area contributed by atoms with Crippen molar-refractivity contribution in [3.05, 3.63) is 30.1 Å². The van der Waals surface area contributed by atoms with Gasteiger partial charge in [0, 0.05) is 0 Å². The molecule has 0 amide bonds. The molecule has 100 valence electrons. The average Bonchev–Trinajstić information content (AvgIpc) is 2.93. The molecule has 0 fully saturated rings. The lowest BCUT2D eigenvalue weighted by atomic mass is 10.2. The van der Waals surface area contributed by atoms with Crippen LogP contribution in [0.2, 0.25) is 0 Å². The van der Waals surface area contributed by atoms with Crippen molar-refractivity contribution in [3.63, 3.8) is 0 Å². The monoisotopic (exact) mass is 261 g/mol. The summed E-state index contributed by atoms with van der Waals surface area (Å²) in [5.74, 6) is -0.536. The molecule has 2 heterocycles. The number of aromatic nitrogens is 5. The molecule has 0 radical (unpaired) electrons. The van der Waals surface area contributed by atoms with Gasteiger partial charge in [0.05, 0.1) is 31.4 Å². The molecule has 2 aromatic rings. The van der Waals surface area contributed by atoms with Crippen molar-refractivity contribution in [3.8, 4) is 5.69 Å². The number of ether oxygens (including phenoxy) is 1. The Morgan fingerprint density at radius 2 is 2.11 bits per heavy atom. The Morgan fingerprint density at radius 1 is 1.37 bits per heavy atom. The number of unbranched alkanes of at least 4 members (excludes halogenated alkanes) is 1. The highest BCUT2D eigenvalue weighted by molar-refractivity contribution is 5.84. The van der Waals surface area contributed by atoms with Crippen LogP contribution in [0.3, 0.4) is 0 Å². The highest BCUT2D eigenvalue weighted by Crippen LogP contribution is 2.06. The van der Waals surface area contributed by atoms with Gasteiger partial charge in [-0.05, 0) is 12.8 Å². The lowest BCUT2D eigenvalue weighted by Gasteiger charge is -2.00. The molecule has 0 saturated carbocycles. The Labute approximate surface area is 110 Å². The fourth-order valence-electron chi connectivity index (χ4n) is 1.53. The number of carbonyl (C=O) groups excluding carboxylic acids is 1. The Bertz CT molecular complexity index is 550. The van der Waals surface area contributed by atoms with E-state index in [4.69, 9.17) is 0 Å². The number of methoxy groups -OCH3 is 1. The first-order valence-electron chi connectivity index (χ1n) is 6.06. The summed E-state index contributed by atoms with van der Waals surface area (Å²) in [5.41, 5.74) is 1.58. The molecule has 2 rings (SSSR count). The second-order valence-electron chi connectivity index (χ2n) is 4.01. The maximum absolute atomic E-state index is 11.2. The first kappa shape index (κ1) is 13.1. The van der Waals surface area contributed by atoms with Gasteiger partial charge < -0.3 is 4.74 Å². The second kappa shape index (κ2) is 6.03. The molecule has 7 nitrogen and oxygen atoms in total. The van der Waals surface area contributed by atoms with Crippen molar-refractivity contribution in [2.24, 2.45) is 0 Å². The largest absolute Gasteiger partial charge is 0.463 e. The number of aryl methyl sites for hydroxylation is 1. The zero-order chi connectivity index (χ0) is 13.7. The van der Waals surface area contributed by atoms with Crippen molar-refractivity contribution < 1.29 is 9.53 Å². The zero-order valence-electron chi connectivity index (χ0n) is 10.9. The average molecular weight is 261 g/mol. The van der Waals surface area contributed by atoms with Crippen molar-refractivity contribution >= 4 is 5.97 Å². The predicted octanol–water partition coefficient (Wildman–Crippen LogP) is 1.19. The van der Waals surface area contributed by atoms with Crippen molar-refractivity contribution in [1.82, 2.24) is 25.0 Å². The van der Waals surface area contributed by atoms with E-state index < -0.39 is 5.97 Å². The Kier molecular flexibility index (Phi) is 4.17. The second-order valence-corrected chi connectivity index (χ2v) is 4.01. The molecule has 0 aromatic carbocycles. The third kappa shape index (κ3) is 3.12. The summed E-state index contributed by atoms with van der Waals surface area (Å²) < 4.78 is 6.12. The molecule has 0 unspecified atom stereocenters. The van der Waals surface area contributed by atoms with Gasteiger partial charge >= 0.3 is 5.97 Å². The fraction of sp³-hybridized carbons (Fsp3) is 0.417. The van der Waals surface area contributed by atoms with Gasteiger partial charge in [-0.15, -0.1) is 5.10 Å². The van der Waals surface area contributed by atoms with Crippen LogP contribution in [-0.2, 0) is 11.2 Å². The lowest BCUT2D eigenvalue weighted by Crippen LogP contribution is -2.08. The van der Waals surface area contributed by atoms with E-state index in [1.165, 1.54) is 19.5 Å². The van der Waals surface area contributed by atoms with E-state index >= 15 is 0 Å². The molecule has 19 heavy (non-hydrogen) atoms. The van der Waals surface area contributed by atoms with Gasteiger partial charge in [0.1, 0.15) is 5.69 Å². The van der Waals surface area contributed by atoms with E-state index in [9.17, 15) is 4.79 Å². The summed E-state index contributed by atoms with van der Waals surface area (Å²) in [7, 11) is 1.29. The topological polar surface area (TPSA) is 82.8 Å². The van der Waals surface area contributed by atoms with Crippen LogP contribution in [0, 0.1) is 0 Å². The third-order valence-corrected chi connectivity index (χ3v) is 2.60. The zero-order valence-corrected chi connectivity index (χ0v) is 10.9. The van der Waals surface area contributed by atoms with Gasteiger partial charge in [-0.25, -0.2) is 19.4 Å². The number of hydrogen-bond acceptors (Lipinski definition) is 6. The minimum Gasteiger partial charge on any atom is -0.463 e. The number of carbonyl (C=O) groups is 1. The van der Waals surface area contributed by atoms with Crippen LogP contribution in [0.1, 0.15) is 36.1 Å². The molecular weight excluding hydrogens is 246 g/mol. The summed E-state index contributed by atoms with van der Waals surface area (Å²) in [6.07, 6.45) is 7.96. The fourth-order valence-corrected chi connectivity index (χ4v) is 1.53. The highest BCUT2D eigenvalue weighted by Gasteiger charge is 2.09. The Balaban J connectivity index is 2.13. The van der Waals surface area contributed by atoms with Crippen molar-refractivity contribution in [2.75, 3.05) is 7.11 Å². The smallest absolute Gasteiger partial charge is 0.376 e. The molecule has 2 aromatic heterocycles. The van der Waals surface area contributed by atoms with Gasteiger partial charge in [0.25, 0.3) is 0 Å². The first-order valence-corrected chi connectivity index (χ1v) is 6.06. The van der Waals surface area contributed by atoms with E-state index in [1.807, 2.05) is 6.20 Å². The molecular formula is C12H15N5O2. The number of rotatable bonds is 5. The third-order valence-electron chi connectivity index (χ3n) is 2.60. The van der Waals surface area contributed by atoms with Crippen LogP contribution in [0.25, 0.3) is 5.69 Å². The van der Waals surface area contributed by atoms with E-state index in [1.54, 1.807) is 4.68 Å². The summed E-state index contributed by atoms with van der Waals surface area (Å²) in [6, 6.07) is 0. The van der Waals surface area contributed by atoms with Gasteiger partial charge in [-0.3, -0.25) is 0 Å². The van der Waals surface area contributed by atoms with Crippen molar-refractivity contribution in [2.45, 2.75) is 26.2 Å². The number of hydrogen-bond donors (Lipinski definition) is 0. The molecule has 0 N–H and O–H groups in total. The van der Waals surface area contributed by atoms with E-state index in [0.29, 0.717) is 5.69 Å². The molecule has 0 aliphatic rings. The van der Waals surface area contributed by atoms with E-state index in [2.05, 4.69) is 31.9 Å². The molecule has 0 spiro atoms. The highest BCUT2D eigenvalue weighted by atomic mass is 16.5. The van der Waals surface area contributed by atoms with Crippen LogP contribution in [0.15, 0.2) is 18.6 Å². The molecule has 0 aliphatic carbocycles. The first-order chi connectivity index (χ1) is 9.24. The molecule has 0 bridgehead atoms. The maximum atomic E-state index is 11.2. The van der Waals surface area contributed by atoms with Gasteiger partial charge in [0.2, 0.25) is 5.82 Å². The minimum atomic E-state index is -0.561. The van der Waals surface area contributed by atoms with Crippen LogP contribution in [0.4, 0.5) is 0 Å². The summed E-state index contributed by atoms with van der Waals surface area (Å²) in [5, 5.41) is 8.07. The standard InChI is InChI=1S/C12H15N5O2/c1-3-4-5-9-8-17(16-15-9)10-6-13-11(14-7-10)12(18)19-2/h6-8H,3-5H2,1-2H3. The molecule has 0 atom stereocenters. The van der Waals surface area contributed by atoms with Gasteiger partial charge in [-0.2, -0.15) is 0 Å². The van der Waals surface area contributed by atoms with Crippen LogP contribution in [0.5, 0.6) is 0 Å². The normalized spacial score (nSPS) is 10.4. The van der Waals surface area contributed by atoms with Crippen LogP contribution in [-0.4, -0.2) is 38.0 Å². The predicted molar refractivity (Wildman–Crippen MR) is 66.9 cm³/mol. The molecule has 7 heteroatoms. The lowest BCUT2D eigenvalue weighted by molar-refractivity contribution is 0.0586. The minimum absolute atomic E-state index is 0.0255. The Hall–Kier alpha value is -2.31. The molecule has 0 aliphatic heterocycles. The van der Waals surface area contributed by atoms with Crippen LogP contribution < -0.4 is 0 Å². The molecule has 0 saturated heterocycles. The maximum Gasteiger partial charge on any atom is 0.376 e. The number of nitrogens with zero attached hydrogens (tertiary/aromatic N) is 5. The Morgan fingerprint density at radius 3 is 2.74 bits per heavy atom. The van der Waals surface area contributed by atoms with Crippen molar-refractivity contribution in [1.29, 1.82) is 0 Å². The summed E-state index contributed by atoms with van der Waals surface area (Å²) in [6.45, 7) is 2.13. The van der Waals surface area contributed by atoms with E-state index in [0.717, 1.165) is 25.0 Å². The van der Waals surface area contributed by atoms with Crippen LogP contribution >= 0.6 is 0 Å². The summed E-state index contributed by atoms with van der Waals surface area (Å²) in [4.78, 5) is 19.0. The van der Waals surface area contributed by atoms with Gasteiger partial charge in [0.15, 0.2) is 0 Å². The quantitative estimate of drug-likeness (QED) is 0.752. The summed E-state index contributed by atoms with van der Waals surface area (Å²) >= 11 is 0.